The van der Waals surface area contributed by atoms with E-state index in [0.717, 1.165) is 4.68 Å². The molecule has 2 heterocycles. The van der Waals surface area contributed by atoms with Crippen molar-refractivity contribution in [1.82, 2.24) is 20.1 Å². The van der Waals surface area contributed by atoms with E-state index in [-0.39, 0.29) is 34.6 Å². The number of alkyl halides is 2. The van der Waals surface area contributed by atoms with Gasteiger partial charge in [0.05, 0.1) is 22.2 Å². The van der Waals surface area contributed by atoms with Crippen LogP contribution in [0.4, 0.5) is 8.78 Å². The van der Waals surface area contributed by atoms with Gasteiger partial charge in [-0.3, -0.25) is 14.5 Å². The zero-order valence-corrected chi connectivity index (χ0v) is 16.2. The SMILES string of the molecule is CC(C)O/N=C(/CNC(=O)c1cn(C)nc1C(F)F)c1ncc(Cl)cc1Cl. The summed E-state index contributed by atoms with van der Waals surface area (Å²) in [5.41, 5.74) is -0.371. The molecule has 0 saturated carbocycles. The summed E-state index contributed by atoms with van der Waals surface area (Å²) in [6, 6.07) is 1.47. The largest absolute Gasteiger partial charge is 0.393 e. The highest BCUT2D eigenvalue weighted by atomic mass is 35.5. The van der Waals surface area contributed by atoms with E-state index < -0.39 is 18.0 Å². The predicted octanol–water partition coefficient (Wildman–Crippen LogP) is 3.62. The van der Waals surface area contributed by atoms with Gasteiger partial charge in [-0.15, -0.1) is 0 Å². The van der Waals surface area contributed by atoms with Crippen LogP contribution >= 0.6 is 23.2 Å². The molecule has 0 atom stereocenters. The molecule has 7 nitrogen and oxygen atoms in total. The van der Waals surface area contributed by atoms with Crippen LogP contribution in [0.3, 0.4) is 0 Å². The average molecular weight is 420 g/mol. The third-order valence-corrected chi connectivity index (χ3v) is 3.67. The first kappa shape index (κ1) is 21.0. The minimum Gasteiger partial charge on any atom is -0.393 e. The Kier molecular flexibility index (Phi) is 7.09. The van der Waals surface area contributed by atoms with Crippen molar-refractivity contribution in [3.63, 3.8) is 0 Å². The fourth-order valence-corrected chi connectivity index (χ4v) is 2.55. The molecule has 146 valence electrons. The fourth-order valence-electron chi connectivity index (χ4n) is 2.06. The number of oxime groups is 1. The third kappa shape index (κ3) is 5.61. The molecule has 2 aromatic heterocycles. The standard InChI is InChI=1S/C16H17Cl2F2N5O2/c1-8(2)27-24-12(14-11(18)4-9(17)5-21-14)6-22-16(26)10-7-25(3)23-13(10)15(19)20/h4-5,7-8,15H,6H2,1-3H3,(H,22,26)/b24-12-. The summed E-state index contributed by atoms with van der Waals surface area (Å²) in [6.07, 6.45) is -0.528. The minimum absolute atomic E-state index is 0.155. The Balaban J connectivity index is 2.24. The lowest BCUT2D eigenvalue weighted by Crippen LogP contribution is -2.31. The van der Waals surface area contributed by atoms with E-state index in [1.165, 1.54) is 25.5 Å². The molecule has 0 aliphatic rings. The quantitative estimate of drug-likeness (QED) is 0.548. The number of halogens is 4. The molecule has 2 rings (SSSR count). The predicted molar refractivity (Wildman–Crippen MR) is 97.5 cm³/mol. The second-order valence-corrected chi connectivity index (χ2v) is 6.60. The normalized spacial score (nSPS) is 12.0. The second-order valence-electron chi connectivity index (χ2n) is 5.76. The number of rotatable bonds is 7. The zero-order chi connectivity index (χ0) is 20.1. The summed E-state index contributed by atoms with van der Waals surface area (Å²) in [7, 11) is 1.45. The first-order valence-corrected chi connectivity index (χ1v) is 8.58. The van der Waals surface area contributed by atoms with E-state index in [1.807, 2.05) is 0 Å². The van der Waals surface area contributed by atoms with E-state index in [1.54, 1.807) is 13.8 Å². The Labute approximate surface area is 164 Å². The molecule has 0 radical (unpaired) electrons. The van der Waals surface area contributed by atoms with Crippen molar-refractivity contribution in [3.05, 3.63) is 45.5 Å². The molecule has 0 aliphatic carbocycles. The van der Waals surface area contributed by atoms with Crippen LogP contribution in [0.1, 0.15) is 42.0 Å². The average Bonchev–Trinajstić information content (AvgIpc) is 2.97. The maximum Gasteiger partial charge on any atom is 0.282 e. The van der Waals surface area contributed by atoms with Crippen LogP contribution in [-0.4, -0.2) is 39.0 Å². The van der Waals surface area contributed by atoms with Gasteiger partial charge < -0.3 is 10.2 Å². The molecule has 2 aromatic rings. The summed E-state index contributed by atoms with van der Waals surface area (Å²) in [6.45, 7) is 3.37. The van der Waals surface area contributed by atoms with Gasteiger partial charge in [-0.25, -0.2) is 8.78 Å². The number of carbonyl (C=O) groups excluding carboxylic acids is 1. The number of hydrogen-bond donors (Lipinski definition) is 1. The molecule has 1 amide bonds. The summed E-state index contributed by atoms with van der Waals surface area (Å²) < 4.78 is 27.2. The van der Waals surface area contributed by atoms with E-state index >= 15 is 0 Å². The highest BCUT2D eigenvalue weighted by Crippen LogP contribution is 2.21. The summed E-state index contributed by atoms with van der Waals surface area (Å²) in [5, 5.41) is 10.6. The lowest BCUT2D eigenvalue weighted by molar-refractivity contribution is 0.0853. The summed E-state index contributed by atoms with van der Waals surface area (Å²) in [4.78, 5) is 21.6. The topological polar surface area (TPSA) is 81.4 Å². The molecule has 0 spiro atoms. The Hall–Kier alpha value is -2.26. The van der Waals surface area contributed by atoms with Gasteiger partial charge in [0.2, 0.25) is 0 Å². The Morgan fingerprint density at radius 3 is 2.70 bits per heavy atom. The highest BCUT2D eigenvalue weighted by Gasteiger charge is 2.23. The number of pyridine rings is 1. The van der Waals surface area contributed by atoms with Gasteiger partial charge >= 0.3 is 0 Å². The minimum atomic E-state index is -2.88. The zero-order valence-electron chi connectivity index (χ0n) is 14.7. The number of aromatic nitrogens is 3. The van der Waals surface area contributed by atoms with Crippen molar-refractivity contribution in [3.8, 4) is 0 Å². The fraction of sp³-hybridized carbons (Fsp3) is 0.375. The molecular weight excluding hydrogens is 403 g/mol. The Morgan fingerprint density at radius 1 is 1.41 bits per heavy atom. The molecule has 0 aromatic carbocycles. The van der Waals surface area contributed by atoms with Gasteiger partial charge in [-0.05, 0) is 19.9 Å². The first-order chi connectivity index (χ1) is 12.7. The van der Waals surface area contributed by atoms with Crippen LogP contribution in [0, 0.1) is 0 Å². The maximum absolute atomic E-state index is 13.0. The number of aryl methyl sites for hydroxylation is 1. The van der Waals surface area contributed by atoms with Crippen molar-refractivity contribution >= 4 is 34.8 Å². The Morgan fingerprint density at radius 2 is 2.11 bits per heavy atom. The van der Waals surface area contributed by atoms with Crippen molar-refractivity contribution in [2.45, 2.75) is 26.4 Å². The Bertz CT molecular complexity index is 855. The molecule has 11 heteroatoms. The van der Waals surface area contributed by atoms with E-state index in [9.17, 15) is 13.6 Å². The van der Waals surface area contributed by atoms with E-state index in [2.05, 4.69) is 20.6 Å². The maximum atomic E-state index is 13.0. The van der Waals surface area contributed by atoms with Crippen molar-refractivity contribution in [2.24, 2.45) is 12.2 Å². The summed E-state index contributed by atoms with van der Waals surface area (Å²) in [5.74, 6) is -0.735. The second kappa shape index (κ2) is 9.09. The van der Waals surface area contributed by atoms with Gasteiger partial charge in [0.25, 0.3) is 12.3 Å². The van der Waals surface area contributed by atoms with Gasteiger partial charge in [-0.2, -0.15) is 5.10 Å². The van der Waals surface area contributed by atoms with E-state index in [0.29, 0.717) is 5.02 Å². The lowest BCUT2D eigenvalue weighted by Gasteiger charge is -2.11. The smallest absolute Gasteiger partial charge is 0.282 e. The molecule has 27 heavy (non-hydrogen) atoms. The molecular formula is C16H17Cl2F2N5O2. The van der Waals surface area contributed by atoms with Gasteiger partial charge in [0.1, 0.15) is 23.2 Å². The van der Waals surface area contributed by atoms with E-state index in [4.69, 9.17) is 28.0 Å². The van der Waals surface area contributed by atoms with Crippen molar-refractivity contribution in [2.75, 3.05) is 6.54 Å². The molecule has 1 N–H and O–H groups in total. The molecule has 0 bridgehead atoms. The molecule has 0 aliphatic heterocycles. The van der Waals surface area contributed by atoms with Crippen LogP contribution in [0.2, 0.25) is 10.0 Å². The summed E-state index contributed by atoms with van der Waals surface area (Å²) >= 11 is 12.0. The van der Waals surface area contributed by atoms with Crippen LogP contribution in [-0.2, 0) is 11.9 Å². The van der Waals surface area contributed by atoms with Crippen molar-refractivity contribution in [1.29, 1.82) is 0 Å². The third-order valence-electron chi connectivity index (χ3n) is 3.18. The van der Waals surface area contributed by atoms with Crippen LogP contribution in [0.5, 0.6) is 0 Å². The monoisotopic (exact) mass is 419 g/mol. The van der Waals surface area contributed by atoms with Crippen LogP contribution in [0.25, 0.3) is 0 Å². The first-order valence-electron chi connectivity index (χ1n) is 7.83. The molecule has 0 fully saturated rings. The van der Waals surface area contributed by atoms with Gasteiger partial charge in [-0.1, -0.05) is 28.4 Å². The number of amides is 1. The number of hydrogen-bond acceptors (Lipinski definition) is 5. The van der Waals surface area contributed by atoms with Gasteiger partial charge in [0, 0.05) is 19.4 Å². The molecule has 0 saturated heterocycles. The number of carbonyl (C=O) groups is 1. The number of nitrogens with zero attached hydrogens (tertiary/aromatic N) is 4. The van der Waals surface area contributed by atoms with Crippen molar-refractivity contribution < 1.29 is 18.4 Å². The van der Waals surface area contributed by atoms with Crippen LogP contribution in [0.15, 0.2) is 23.6 Å². The lowest BCUT2D eigenvalue weighted by atomic mass is 10.2. The molecule has 0 unspecified atom stereocenters. The van der Waals surface area contributed by atoms with Gasteiger partial charge in [0.15, 0.2) is 0 Å². The van der Waals surface area contributed by atoms with Crippen LogP contribution < -0.4 is 5.32 Å². The highest BCUT2D eigenvalue weighted by molar-refractivity contribution is 6.36. The number of nitrogens with one attached hydrogen (secondary N) is 1.